The number of rotatable bonds is 37. The molecule has 0 aromatic rings. The summed E-state index contributed by atoms with van der Waals surface area (Å²) >= 11 is 0. The highest BCUT2D eigenvalue weighted by Gasteiger charge is 2.28. The minimum Gasteiger partial charge on any atom is -0.386 e. The zero-order valence-electron chi connectivity index (χ0n) is 41.4. The summed E-state index contributed by atoms with van der Waals surface area (Å²) in [5, 5.41) is 56.3. The third-order valence-electron chi connectivity index (χ3n) is 10.7. The van der Waals surface area contributed by atoms with Gasteiger partial charge in [-0.05, 0) is 12.8 Å². The third-order valence-corrected chi connectivity index (χ3v) is 10.7. The van der Waals surface area contributed by atoms with Gasteiger partial charge in [0.2, 0.25) is 0 Å². The molecule has 13 heteroatoms. The fourth-order valence-corrected chi connectivity index (χ4v) is 8.37. The van der Waals surface area contributed by atoms with Crippen LogP contribution in [0.15, 0.2) is 0 Å². The number of nitrogens with zero attached hydrogens (tertiary/aromatic N) is 8. The molecular formula is C45H105N8O5+5. The highest BCUT2D eigenvalue weighted by atomic mass is 16.3. The predicted octanol–water partition coefficient (Wildman–Crippen LogP) is 1.52. The molecule has 0 aliphatic heterocycles. The van der Waals surface area contributed by atoms with Crippen molar-refractivity contribution < 1.29 is 47.9 Å². The molecule has 0 amide bonds. The van der Waals surface area contributed by atoms with Crippen molar-refractivity contribution in [2.24, 2.45) is 0 Å². The van der Waals surface area contributed by atoms with E-state index in [2.05, 4.69) is 120 Å². The van der Waals surface area contributed by atoms with Crippen LogP contribution in [-0.2, 0) is 0 Å². The number of hydrogen-bond donors (Lipinski definition) is 5. The Morgan fingerprint density at radius 1 is 0.328 bits per heavy atom. The maximum atomic E-state index is 11.6. The molecule has 13 nitrogen and oxygen atoms in total. The summed E-state index contributed by atoms with van der Waals surface area (Å²) in [6, 6.07) is 0. The molecule has 58 heavy (non-hydrogen) atoms. The van der Waals surface area contributed by atoms with Gasteiger partial charge < -0.3 is 47.9 Å². The monoisotopic (exact) mass is 838 g/mol. The fraction of sp³-hybridized carbons (Fsp3) is 1.00. The van der Waals surface area contributed by atoms with Gasteiger partial charge in [-0.1, -0.05) is 58.3 Å². The van der Waals surface area contributed by atoms with Gasteiger partial charge in [-0.15, -0.1) is 0 Å². The molecule has 5 atom stereocenters. The SMILES string of the molecule is CCCCCCCCCCCC[N+](C)(C)CC(O)CN(CCN(CCN(CC(O)C[N+](C)(C)C)CC(O)C[N+](C)(C)C)CC(O)C[N+](C)(C)C)CC(O)C[N+](C)(C)C. The number of aliphatic hydroxyl groups excluding tert-OH is 5. The van der Waals surface area contributed by atoms with Crippen molar-refractivity contribution in [3.63, 3.8) is 0 Å². The molecule has 350 valence electrons. The minimum atomic E-state index is -0.542. The third kappa shape index (κ3) is 36.2. The highest BCUT2D eigenvalue weighted by molar-refractivity contribution is 4.76. The normalized spacial score (nSPS) is 16.4. The highest BCUT2D eigenvalue weighted by Crippen LogP contribution is 2.13. The molecule has 5 unspecified atom stereocenters. The summed E-state index contributed by atoms with van der Waals surface area (Å²) in [6.07, 6.45) is 10.5. The lowest BCUT2D eigenvalue weighted by Gasteiger charge is -2.37. The molecular weight excluding hydrogens is 733 g/mol. The quantitative estimate of drug-likeness (QED) is 0.0474. The van der Waals surface area contributed by atoms with Gasteiger partial charge in [-0.2, -0.15) is 0 Å². The van der Waals surface area contributed by atoms with Crippen molar-refractivity contribution in [2.75, 3.05) is 197 Å². The lowest BCUT2D eigenvalue weighted by atomic mass is 10.1. The van der Waals surface area contributed by atoms with E-state index in [0.29, 0.717) is 110 Å². The molecule has 0 spiro atoms. The second kappa shape index (κ2) is 28.2. The van der Waals surface area contributed by atoms with Crippen molar-refractivity contribution in [2.45, 2.75) is 102 Å². The lowest BCUT2D eigenvalue weighted by molar-refractivity contribution is -0.893. The van der Waals surface area contributed by atoms with Gasteiger partial charge in [0.1, 0.15) is 63.2 Å². The molecule has 0 aliphatic rings. The Bertz CT molecular complexity index is 987. The first kappa shape index (κ1) is 57.5. The summed E-state index contributed by atoms with van der Waals surface area (Å²) in [6.45, 7) is 11.4. The topological polar surface area (TPSA) is 111 Å². The van der Waals surface area contributed by atoms with Gasteiger partial charge >= 0.3 is 0 Å². The van der Waals surface area contributed by atoms with E-state index < -0.39 is 30.5 Å². The van der Waals surface area contributed by atoms with Crippen LogP contribution < -0.4 is 0 Å². The van der Waals surface area contributed by atoms with Gasteiger partial charge in [-0.3, -0.25) is 14.7 Å². The molecule has 0 saturated carbocycles. The van der Waals surface area contributed by atoms with Crippen LogP contribution in [0.1, 0.15) is 71.1 Å². The zero-order chi connectivity index (χ0) is 44.8. The Balaban J connectivity index is 5.88. The molecule has 0 bridgehead atoms. The van der Waals surface area contributed by atoms with Crippen molar-refractivity contribution in [1.82, 2.24) is 14.7 Å². The zero-order valence-corrected chi connectivity index (χ0v) is 41.4. The van der Waals surface area contributed by atoms with Crippen LogP contribution in [0.4, 0.5) is 0 Å². The van der Waals surface area contributed by atoms with Gasteiger partial charge in [0.05, 0.1) is 105 Å². The van der Waals surface area contributed by atoms with E-state index in [9.17, 15) is 25.5 Å². The Morgan fingerprint density at radius 2 is 0.569 bits per heavy atom. The number of likely N-dealkylation sites (N-methyl/N-ethyl adjacent to an activating group) is 5. The second-order valence-electron chi connectivity index (χ2n) is 23.0. The van der Waals surface area contributed by atoms with Gasteiger partial charge in [0, 0.05) is 58.9 Å². The van der Waals surface area contributed by atoms with Crippen LogP contribution in [0.5, 0.6) is 0 Å². The summed E-state index contributed by atoms with van der Waals surface area (Å²) in [4.78, 5) is 6.70. The van der Waals surface area contributed by atoms with Gasteiger partial charge in [0.25, 0.3) is 0 Å². The number of hydrogen-bond acceptors (Lipinski definition) is 8. The van der Waals surface area contributed by atoms with Crippen LogP contribution >= 0.6 is 0 Å². The predicted molar refractivity (Wildman–Crippen MR) is 245 cm³/mol. The van der Waals surface area contributed by atoms with E-state index in [1.54, 1.807) is 0 Å². The average molecular weight is 838 g/mol. The number of quaternary nitrogens is 5. The summed E-state index contributed by atoms with van der Waals surface area (Å²) in [5.41, 5.74) is 0. The Hall–Kier alpha value is -0.520. The molecule has 0 saturated heterocycles. The maximum absolute atomic E-state index is 11.6. The van der Waals surface area contributed by atoms with Crippen LogP contribution in [-0.4, -0.2) is 290 Å². The van der Waals surface area contributed by atoms with Crippen molar-refractivity contribution in [1.29, 1.82) is 0 Å². The maximum Gasteiger partial charge on any atom is 0.115 e. The standard InChI is InChI=1S/C45H105N8O5/c1-16-17-18-19-20-21-22-23-24-25-30-53(14,15)40-45(58)35-48(34-44(57)39-52(11,12)13)29-27-46(31-41(54)36-49(2,3)4)26-28-47(32-42(55)37-50(5,6)7)33-43(56)38-51(8,9)10/h41-45,54-58H,16-40H2,1-15H3/q+5. The summed E-state index contributed by atoms with van der Waals surface area (Å²) < 4.78 is 3.37. The van der Waals surface area contributed by atoms with Crippen LogP contribution in [0.25, 0.3) is 0 Å². The first-order valence-electron chi connectivity index (χ1n) is 23.1. The summed E-state index contributed by atoms with van der Waals surface area (Å²) in [7, 11) is 29.5. The first-order valence-corrected chi connectivity index (χ1v) is 23.1. The molecule has 0 aromatic heterocycles. The number of unbranched alkanes of at least 4 members (excludes halogenated alkanes) is 9. The van der Waals surface area contributed by atoms with Crippen LogP contribution in [0.2, 0.25) is 0 Å². The Kier molecular flexibility index (Phi) is 28.0. The van der Waals surface area contributed by atoms with Crippen molar-refractivity contribution >= 4 is 0 Å². The molecule has 5 N–H and O–H groups in total. The molecule has 0 radical (unpaired) electrons. The van der Waals surface area contributed by atoms with E-state index in [-0.39, 0.29) is 0 Å². The first-order chi connectivity index (χ1) is 26.5. The summed E-state index contributed by atoms with van der Waals surface area (Å²) in [5.74, 6) is 0. The Morgan fingerprint density at radius 3 is 0.862 bits per heavy atom. The average Bonchev–Trinajstić information content (AvgIpc) is 2.98. The fourth-order valence-electron chi connectivity index (χ4n) is 8.37. The second-order valence-corrected chi connectivity index (χ2v) is 23.0. The number of aliphatic hydroxyl groups is 5. The van der Waals surface area contributed by atoms with Crippen LogP contribution in [0.3, 0.4) is 0 Å². The molecule has 0 aliphatic carbocycles. The van der Waals surface area contributed by atoms with E-state index >= 15 is 0 Å². The van der Waals surface area contributed by atoms with Crippen LogP contribution in [0, 0.1) is 0 Å². The molecule has 0 heterocycles. The van der Waals surface area contributed by atoms with E-state index in [1.165, 1.54) is 64.2 Å². The lowest BCUT2D eigenvalue weighted by Crippen LogP contribution is -2.53. The minimum absolute atomic E-state index is 0.460. The van der Waals surface area contributed by atoms with E-state index in [4.69, 9.17) is 0 Å². The molecule has 0 fully saturated rings. The van der Waals surface area contributed by atoms with E-state index in [1.807, 2.05) is 0 Å². The Labute approximate surface area is 360 Å². The van der Waals surface area contributed by atoms with Gasteiger partial charge in [0.15, 0.2) is 0 Å². The van der Waals surface area contributed by atoms with E-state index in [0.717, 1.165) is 11.0 Å². The molecule has 0 rings (SSSR count). The van der Waals surface area contributed by atoms with Crippen molar-refractivity contribution in [3.8, 4) is 0 Å². The molecule has 0 aromatic carbocycles. The smallest absolute Gasteiger partial charge is 0.115 e. The largest absolute Gasteiger partial charge is 0.386 e. The van der Waals surface area contributed by atoms with Crippen molar-refractivity contribution in [3.05, 3.63) is 0 Å². The van der Waals surface area contributed by atoms with Gasteiger partial charge in [-0.25, -0.2) is 0 Å².